The number of benzene rings is 1. The van der Waals surface area contributed by atoms with Crippen LogP contribution < -0.4 is 5.73 Å². The Labute approximate surface area is 91.5 Å². The molecule has 0 unspecified atom stereocenters. The van der Waals surface area contributed by atoms with Crippen LogP contribution in [0.1, 0.15) is 49.0 Å². The number of primary amides is 1. The molecule has 0 atom stereocenters. The first kappa shape index (κ1) is 11.8. The van der Waals surface area contributed by atoms with Crippen molar-refractivity contribution >= 4 is 5.91 Å². The van der Waals surface area contributed by atoms with Gasteiger partial charge in [0.05, 0.1) is 0 Å². The fourth-order valence-electron chi connectivity index (χ4n) is 1.65. The fraction of sp³-hybridized carbons (Fsp3) is 0.385. The topological polar surface area (TPSA) is 43.1 Å². The third kappa shape index (κ3) is 3.08. The van der Waals surface area contributed by atoms with Crippen LogP contribution in [0, 0.1) is 5.92 Å². The summed E-state index contributed by atoms with van der Waals surface area (Å²) in [6.45, 7) is 4.23. The summed E-state index contributed by atoms with van der Waals surface area (Å²) in [6.07, 6.45) is 3.34. The van der Waals surface area contributed by atoms with Crippen LogP contribution in [0.3, 0.4) is 0 Å². The lowest BCUT2D eigenvalue weighted by Gasteiger charge is -2.13. The van der Waals surface area contributed by atoms with E-state index in [1.807, 2.05) is 18.2 Å². The van der Waals surface area contributed by atoms with E-state index in [4.69, 9.17) is 5.73 Å². The standard InChI is InChI=1S/C13H18NO/c1-3-4-7-10(2)11-8-5-6-9-12(11)13(14)15/h5-6,8-9H,3-4,7H2,1-2H3,(H2,14,15). The average Bonchev–Trinajstić information content (AvgIpc) is 2.25. The van der Waals surface area contributed by atoms with Crippen molar-refractivity contribution in [3.63, 3.8) is 0 Å². The molecule has 2 N–H and O–H groups in total. The van der Waals surface area contributed by atoms with Crippen molar-refractivity contribution in [1.29, 1.82) is 0 Å². The lowest BCUT2D eigenvalue weighted by molar-refractivity contribution is 0.0999. The van der Waals surface area contributed by atoms with Gasteiger partial charge in [0.2, 0.25) is 5.91 Å². The smallest absolute Gasteiger partial charge is 0.248 e. The summed E-state index contributed by atoms with van der Waals surface area (Å²) < 4.78 is 0. The number of hydrogen-bond acceptors (Lipinski definition) is 1. The van der Waals surface area contributed by atoms with Crippen molar-refractivity contribution in [3.8, 4) is 0 Å². The van der Waals surface area contributed by atoms with Crippen molar-refractivity contribution in [2.45, 2.75) is 33.1 Å². The molecule has 1 aromatic carbocycles. The summed E-state index contributed by atoms with van der Waals surface area (Å²) >= 11 is 0. The number of amides is 1. The molecule has 0 aliphatic carbocycles. The first-order valence-electron chi connectivity index (χ1n) is 5.38. The number of rotatable bonds is 5. The zero-order valence-corrected chi connectivity index (χ0v) is 9.42. The molecule has 0 saturated heterocycles. The van der Waals surface area contributed by atoms with Crippen LogP contribution in [0.25, 0.3) is 0 Å². The Bertz CT molecular complexity index is 333. The Hall–Kier alpha value is -1.31. The van der Waals surface area contributed by atoms with E-state index >= 15 is 0 Å². The minimum atomic E-state index is -0.346. The van der Waals surface area contributed by atoms with E-state index in [1.54, 1.807) is 6.07 Å². The maximum Gasteiger partial charge on any atom is 0.248 e. The summed E-state index contributed by atoms with van der Waals surface area (Å²) in [4.78, 5) is 11.2. The predicted molar refractivity (Wildman–Crippen MR) is 62.5 cm³/mol. The van der Waals surface area contributed by atoms with Crippen LogP contribution in [-0.4, -0.2) is 5.91 Å². The number of unbranched alkanes of at least 4 members (excludes halogenated alkanes) is 1. The van der Waals surface area contributed by atoms with E-state index in [9.17, 15) is 4.79 Å². The van der Waals surface area contributed by atoms with Crippen LogP contribution in [0.2, 0.25) is 0 Å². The molecule has 0 aliphatic heterocycles. The quantitative estimate of drug-likeness (QED) is 0.787. The molecule has 0 saturated carbocycles. The second-order valence-electron chi connectivity index (χ2n) is 3.79. The molecule has 0 bridgehead atoms. The molecule has 2 nitrogen and oxygen atoms in total. The first-order chi connectivity index (χ1) is 7.16. The van der Waals surface area contributed by atoms with Gasteiger partial charge in [0.15, 0.2) is 0 Å². The number of carbonyl (C=O) groups excluding carboxylic acids is 1. The van der Waals surface area contributed by atoms with Gasteiger partial charge >= 0.3 is 0 Å². The monoisotopic (exact) mass is 204 g/mol. The molecule has 15 heavy (non-hydrogen) atoms. The molecule has 0 fully saturated rings. The molecule has 1 rings (SSSR count). The van der Waals surface area contributed by atoms with Gasteiger partial charge < -0.3 is 5.73 Å². The van der Waals surface area contributed by atoms with Gasteiger partial charge in [0, 0.05) is 11.5 Å². The van der Waals surface area contributed by atoms with E-state index in [0.717, 1.165) is 24.8 Å². The predicted octanol–water partition coefficient (Wildman–Crippen LogP) is 2.92. The lowest BCUT2D eigenvalue weighted by atomic mass is 9.91. The summed E-state index contributed by atoms with van der Waals surface area (Å²) in [5.74, 6) is 0.896. The number of carbonyl (C=O) groups is 1. The number of hydrogen-bond donors (Lipinski definition) is 1. The van der Waals surface area contributed by atoms with Crippen molar-refractivity contribution < 1.29 is 4.79 Å². The molecule has 0 spiro atoms. The minimum absolute atomic E-state index is 0.346. The molecule has 1 aromatic rings. The Morgan fingerprint density at radius 1 is 1.27 bits per heavy atom. The molecule has 0 heterocycles. The van der Waals surface area contributed by atoms with Crippen molar-refractivity contribution in [2.24, 2.45) is 5.73 Å². The Morgan fingerprint density at radius 2 is 1.87 bits per heavy atom. The van der Waals surface area contributed by atoms with Gasteiger partial charge in [0.1, 0.15) is 0 Å². The fourth-order valence-corrected chi connectivity index (χ4v) is 1.65. The van der Waals surface area contributed by atoms with Gasteiger partial charge in [-0.1, -0.05) is 44.9 Å². The Morgan fingerprint density at radius 3 is 2.40 bits per heavy atom. The molecule has 2 heteroatoms. The van der Waals surface area contributed by atoms with Crippen molar-refractivity contribution in [3.05, 3.63) is 41.3 Å². The van der Waals surface area contributed by atoms with Crippen LogP contribution in [0.4, 0.5) is 0 Å². The van der Waals surface area contributed by atoms with E-state index in [2.05, 4.69) is 13.8 Å². The molecule has 1 radical (unpaired) electrons. The summed E-state index contributed by atoms with van der Waals surface area (Å²) in [7, 11) is 0. The Kier molecular flexibility index (Phi) is 4.35. The van der Waals surface area contributed by atoms with Gasteiger partial charge in [0.25, 0.3) is 0 Å². The maximum atomic E-state index is 11.2. The van der Waals surface area contributed by atoms with Gasteiger partial charge in [-0.25, -0.2) is 0 Å². The zero-order chi connectivity index (χ0) is 11.3. The lowest BCUT2D eigenvalue weighted by Crippen LogP contribution is -2.15. The SMILES string of the molecule is CCCC[C](C)c1ccccc1C(N)=O. The molecule has 0 aromatic heterocycles. The van der Waals surface area contributed by atoms with Crippen LogP contribution >= 0.6 is 0 Å². The van der Waals surface area contributed by atoms with E-state index in [1.165, 1.54) is 5.92 Å². The van der Waals surface area contributed by atoms with Gasteiger partial charge in [-0.3, -0.25) is 4.79 Å². The average molecular weight is 204 g/mol. The van der Waals surface area contributed by atoms with Gasteiger partial charge in [-0.15, -0.1) is 0 Å². The van der Waals surface area contributed by atoms with Gasteiger partial charge in [-0.2, -0.15) is 0 Å². The summed E-state index contributed by atoms with van der Waals surface area (Å²) in [5, 5.41) is 0. The second kappa shape index (κ2) is 5.54. The van der Waals surface area contributed by atoms with Gasteiger partial charge in [-0.05, 0) is 18.1 Å². The third-order valence-electron chi connectivity index (χ3n) is 2.56. The van der Waals surface area contributed by atoms with Crippen LogP contribution in [-0.2, 0) is 0 Å². The molecule has 0 aliphatic rings. The summed E-state index contributed by atoms with van der Waals surface area (Å²) in [5.41, 5.74) is 6.96. The van der Waals surface area contributed by atoms with E-state index in [0.29, 0.717) is 5.56 Å². The second-order valence-corrected chi connectivity index (χ2v) is 3.79. The normalized spacial score (nSPS) is 10.6. The van der Waals surface area contributed by atoms with Crippen molar-refractivity contribution in [2.75, 3.05) is 0 Å². The van der Waals surface area contributed by atoms with E-state index in [-0.39, 0.29) is 5.91 Å². The maximum absolute atomic E-state index is 11.2. The highest BCUT2D eigenvalue weighted by atomic mass is 16.1. The highest BCUT2D eigenvalue weighted by Crippen LogP contribution is 2.23. The molecule has 1 amide bonds. The molecular weight excluding hydrogens is 186 g/mol. The van der Waals surface area contributed by atoms with Crippen LogP contribution in [0.15, 0.2) is 24.3 Å². The highest BCUT2D eigenvalue weighted by molar-refractivity contribution is 5.95. The number of nitrogens with two attached hydrogens (primary N) is 1. The van der Waals surface area contributed by atoms with E-state index < -0.39 is 0 Å². The summed E-state index contributed by atoms with van der Waals surface area (Å²) in [6, 6.07) is 7.53. The third-order valence-corrected chi connectivity index (χ3v) is 2.56. The van der Waals surface area contributed by atoms with Crippen molar-refractivity contribution in [1.82, 2.24) is 0 Å². The minimum Gasteiger partial charge on any atom is -0.366 e. The molecular formula is C13H18NO. The molecule has 81 valence electrons. The highest BCUT2D eigenvalue weighted by Gasteiger charge is 2.13. The van der Waals surface area contributed by atoms with Crippen LogP contribution in [0.5, 0.6) is 0 Å². The largest absolute Gasteiger partial charge is 0.366 e. The Balaban J connectivity index is 2.87. The zero-order valence-electron chi connectivity index (χ0n) is 9.42. The first-order valence-corrected chi connectivity index (χ1v) is 5.38.